The lowest BCUT2D eigenvalue weighted by Gasteiger charge is -2.17. The third-order valence-corrected chi connectivity index (χ3v) is 6.40. The first-order chi connectivity index (χ1) is 17.7. The minimum atomic E-state index is -5.10. The first-order valence-corrected chi connectivity index (χ1v) is 12.8. The van der Waals surface area contributed by atoms with Crippen molar-refractivity contribution < 1.29 is 31.1 Å². The number of amides is 1. The van der Waals surface area contributed by atoms with Gasteiger partial charge < -0.3 is 10.1 Å². The number of rotatable bonds is 6. The van der Waals surface area contributed by atoms with Crippen molar-refractivity contribution >= 4 is 26.9 Å². The largest absolute Gasteiger partial charge is 0.573 e. The van der Waals surface area contributed by atoms with E-state index in [2.05, 4.69) is 25.0 Å². The van der Waals surface area contributed by atoms with Crippen molar-refractivity contribution in [1.82, 2.24) is 24.8 Å². The second-order valence-corrected chi connectivity index (χ2v) is 10.4. The number of ether oxygens (including phenoxy) is 1. The van der Waals surface area contributed by atoms with Crippen molar-refractivity contribution in [2.75, 3.05) is 6.26 Å². The van der Waals surface area contributed by atoms with Gasteiger partial charge >= 0.3 is 6.36 Å². The molecule has 3 heterocycles. The van der Waals surface area contributed by atoms with E-state index in [0.29, 0.717) is 28.6 Å². The number of imidazole rings is 1. The molecule has 0 radical (unpaired) electrons. The monoisotopic (exact) mass is 544 g/mol. The summed E-state index contributed by atoms with van der Waals surface area (Å²) >= 11 is 0. The third-order valence-electron chi connectivity index (χ3n) is 5.30. The molecule has 0 aliphatic heterocycles. The molecule has 0 saturated carbocycles. The maximum atomic E-state index is 13.1. The number of halogens is 3. The normalized spacial score (nSPS) is 12.7. The Morgan fingerprint density at radius 2 is 1.89 bits per heavy atom. The van der Waals surface area contributed by atoms with Crippen LogP contribution in [0.25, 0.3) is 17.0 Å². The van der Waals surface area contributed by atoms with Gasteiger partial charge in [-0.05, 0) is 55.8 Å². The standard InChI is InChI=1S/C24H19F3N6O4S/c1-13-6-19-22(30-11-13)33(20-5-4-15(10-28)12-29-20)21(32-19)14(2)31-23(34)16-7-17(37-24(25,26)27)9-18(8-16)38(3,35)36/h4-9,11-12,14H,1-3H3,(H,31,34). The lowest BCUT2D eigenvalue weighted by molar-refractivity contribution is -0.274. The van der Waals surface area contributed by atoms with Gasteiger partial charge in [0, 0.05) is 24.2 Å². The predicted molar refractivity (Wildman–Crippen MR) is 128 cm³/mol. The zero-order valence-electron chi connectivity index (χ0n) is 20.1. The number of aromatic nitrogens is 4. The van der Waals surface area contributed by atoms with E-state index in [4.69, 9.17) is 5.26 Å². The zero-order chi connectivity index (χ0) is 27.8. The van der Waals surface area contributed by atoms with Crippen LogP contribution in [0.3, 0.4) is 0 Å². The molecule has 1 unspecified atom stereocenters. The van der Waals surface area contributed by atoms with Crippen molar-refractivity contribution in [2.24, 2.45) is 0 Å². The van der Waals surface area contributed by atoms with E-state index in [-0.39, 0.29) is 11.4 Å². The molecule has 0 aliphatic rings. The van der Waals surface area contributed by atoms with Crippen LogP contribution in [-0.4, -0.2) is 46.5 Å². The predicted octanol–water partition coefficient (Wildman–Crippen LogP) is 3.79. The van der Waals surface area contributed by atoms with Crippen LogP contribution in [0.1, 0.15) is 40.3 Å². The van der Waals surface area contributed by atoms with E-state index in [0.717, 1.165) is 24.0 Å². The van der Waals surface area contributed by atoms with Crippen molar-refractivity contribution in [1.29, 1.82) is 5.26 Å². The van der Waals surface area contributed by atoms with Crippen LogP contribution >= 0.6 is 0 Å². The molecule has 4 aromatic rings. The number of nitrogens with zero attached hydrogens (tertiary/aromatic N) is 5. The van der Waals surface area contributed by atoms with E-state index in [1.54, 1.807) is 35.9 Å². The second-order valence-electron chi connectivity index (χ2n) is 8.39. The molecule has 0 bridgehead atoms. The molecule has 196 valence electrons. The number of hydrogen-bond donors (Lipinski definition) is 1. The highest BCUT2D eigenvalue weighted by molar-refractivity contribution is 7.90. The van der Waals surface area contributed by atoms with Crippen molar-refractivity contribution in [3.05, 3.63) is 71.3 Å². The highest BCUT2D eigenvalue weighted by atomic mass is 32.2. The molecule has 4 rings (SSSR count). The summed E-state index contributed by atoms with van der Waals surface area (Å²) < 4.78 is 67.9. The Morgan fingerprint density at radius 1 is 1.16 bits per heavy atom. The first-order valence-electron chi connectivity index (χ1n) is 10.9. The molecule has 3 aromatic heterocycles. The molecule has 0 saturated heterocycles. The lowest BCUT2D eigenvalue weighted by atomic mass is 10.2. The van der Waals surface area contributed by atoms with Crippen molar-refractivity contribution in [3.63, 3.8) is 0 Å². The number of aryl methyl sites for hydroxylation is 1. The van der Waals surface area contributed by atoms with Crippen LogP contribution in [0.15, 0.2) is 53.7 Å². The van der Waals surface area contributed by atoms with Crippen LogP contribution in [0.2, 0.25) is 0 Å². The number of sulfone groups is 1. The fourth-order valence-electron chi connectivity index (χ4n) is 3.64. The molecular formula is C24H19F3N6O4S. The number of alkyl halides is 3. The summed E-state index contributed by atoms with van der Waals surface area (Å²) in [6.07, 6.45) is -1.31. The van der Waals surface area contributed by atoms with E-state index < -0.39 is 38.8 Å². The summed E-state index contributed by atoms with van der Waals surface area (Å²) in [5.74, 6) is -1.08. The molecular weight excluding hydrogens is 525 g/mol. The molecule has 1 aromatic carbocycles. The van der Waals surface area contributed by atoms with E-state index in [1.165, 1.54) is 6.20 Å². The zero-order valence-corrected chi connectivity index (χ0v) is 20.9. The number of fused-ring (bicyclic) bond motifs is 1. The molecule has 1 atom stereocenters. The fourth-order valence-corrected chi connectivity index (χ4v) is 4.31. The molecule has 0 fully saturated rings. The van der Waals surface area contributed by atoms with Crippen molar-refractivity contribution in [3.8, 4) is 17.6 Å². The van der Waals surface area contributed by atoms with Gasteiger partial charge in [-0.1, -0.05) is 0 Å². The van der Waals surface area contributed by atoms with Crippen LogP contribution in [0, 0.1) is 18.3 Å². The van der Waals surface area contributed by atoms with Gasteiger partial charge in [-0.3, -0.25) is 9.36 Å². The molecule has 0 spiro atoms. The number of hydrogen-bond acceptors (Lipinski definition) is 8. The smallest absolute Gasteiger partial charge is 0.406 e. The average Bonchev–Trinajstić information content (AvgIpc) is 3.21. The van der Waals surface area contributed by atoms with Crippen LogP contribution in [0.4, 0.5) is 13.2 Å². The number of benzene rings is 1. The maximum absolute atomic E-state index is 13.1. The number of pyridine rings is 2. The third kappa shape index (κ3) is 5.73. The minimum absolute atomic E-state index is 0.287. The van der Waals surface area contributed by atoms with Crippen LogP contribution < -0.4 is 10.1 Å². The Bertz CT molecular complexity index is 1690. The number of carbonyl (C=O) groups excluding carboxylic acids is 1. The topological polar surface area (TPSA) is 140 Å². The highest BCUT2D eigenvalue weighted by Crippen LogP contribution is 2.28. The molecule has 0 aliphatic carbocycles. The first kappa shape index (κ1) is 26.6. The summed E-state index contributed by atoms with van der Waals surface area (Å²) in [5, 5.41) is 11.7. The van der Waals surface area contributed by atoms with Gasteiger partial charge in [0.15, 0.2) is 15.5 Å². The summed E-state index contributed by atoms with van der Waals surface area (Å²) in [4.78, 5) is 25.8. The molecule has 38 heavy (non-hydrogen) atoms. The average molecular weight is 545 g/mol. The van der Waals surface area contributed by atoms with Gasteiger partial charge in [0.1, 0.15) is 29.0 Å². The highest BCUT2D eigenvalue weighted by Gasteiger charge is 2.32. The number of carbonyl (C=O) groups is 1. The Hall–Kier alpha value is -4.51. The molecule has 1 N–H and O–H groups in total. The molecule has 10 nitrogen and oxygen atoms in total. The van der Waals surface area contributed by atoms with Gasteiger partial charge in [-0.15, -0.1) is 13.2 Å². The van der Waals surface area contributed by atoms with Gasteiger partial charge in [-0.2, -0.15) is 5.26 Å². The summed E-state index contributed by atoms with van der Waals surface area (Å²) in [6, 6.07) is 8.47. The van der Waals surface area contributed by atoms with Gasteiger partial charge in [0.05, 0.1) is 16.5 Å². The van der Waals surface area contributed by atoms with E-state index in [1.807, 2.05) is 13.0 Å². The minimum Gasteiger partial charge on any atom is -0.406 e. The quantitative estimate of drug-likeness (QED) is 0.387. The summed E-state index contributed by atoms with van der Waals surface area (Å²) in [7, 11) is -3.97. The van der Waals surface area contributed by atoms with Crippen molar-refractivity contribution in [2.45, 2.75) is 31.1 Å². The van der Waals surface area contributed by atoms with Crippen LogP contribution in [0.5, 0.6) is 5.75 Å². The number of nitrogens with one attached hydrogen (secondary N) is 1. The summed E-state index contributed by atoms with van der Waals surface area (Å²) in [6.45, 7) is 3.41. The Labute approximate surface area is 214 Å². The SMILES string of the molecule is Cc1cnc2c(c1)nc(C(C)NC(=O)c1cc(OC(F)(F)F)cc(S(C)(=O)=O)c1)n2-c1ccc(C#N)cn1. The Balaban J connectivity index is 1.75. The fraction of sp³-hybridized carbons (Fsp3) is 0.208. The van der Waals surface area contributed by atoms with E-state index in [9.17, 15) is 26.4 Å². The maximum Gasteiger partial charge on any atom is 0.573 e. The molecule has 1 amide bonds. The van der Waals surface area contributed by atoms with Gasteiger partial charge in [0.25, 0.3) is 5.91 Å². The van der Waals surface area contributed by atoms with Crippen LogP contribution in [-0.2, 0) is 9.84 Å². The lowest BCUT2D eigenvalue weighted by Crippen LogP contribution is -2.29. The number of nitriles is 1. The molecule has 14 heteroatoms. The Kier molecular flexibility index (Phi) is 6.81. The van der Waals surface area contributed by atoms with Gasteiger partial charge in [0.2, 0.25) is 0 Å². The summed E-state index contributed by atoms with van der Waals surface area (Å²) in [5.41, 5.74) is 1.70. The van der Waals surface area contributed by atoms with Gasteiger partial charge in [-0.25, -0.2) is 23.4 Å². The second kappa shape index (κ2) is 9.75. The van der Waals surface area contributed by atoms with E-state index >= 15 is 0 Å². The Morgan fingerprint density at radius 3 is 2.50 bits per heavy atom.